The van der Waals surface area contributed by atoms with Crippen molar-refractivity contribution in [1.82, 2.24) is 0 Å². The van der Waals surface area contributed by atoms with Crippen molar-refractivity contribution in [3.8, 4) is 0 Å². The lowest BCUT2D eigenvalue weighted by Gasteiger charge is -2.19. The molecule has 7 unspecified atom stereocenters. The lowest BCUT2D eigenvalue weighted by molar-refractivity contribution is -0.0916. The molecule has 4 saturated heterocycles. The van der Waals surface area contributed by atoms with Gasteiger partial charge < -0.3 is 29.2 Å². The Labute approximate surface area is 85.7 Å². The second kappa shape index (κ2) is 2.53. The van der Waals surface area contributed by atoms with E-state index in [4.69, 9.17) is 18.9 Å². The van der Waals surface area contributed by atoms with Crippen LogP contribution in [0.2, 0.25) is 0 Å². The Morgan fingerprint density at radius 3 is 2.40 bits per heavy atom. The SMILES string of the molecule is OC1CC(O)C(C2OC23CO3)OC2OC12. The van der Waals surface area contributed by atoms with E-state index in [-0.39, 0.29) is 24.9 Å². The van der Waals surface area contributed by atoms with Gasteiger partial charge in [0.05, 0.1) is 12.2 Å². The van der Waals surface area contributed by atoms with E-state index in [2.05, 4.69) is 0 Å². The van der Waals surface area contributed by atoms with E-state index < -0.39 is 24.1 Å². The van der Waals surface area contributed by atoms with E-state index in [9.17, 15) is 10.2 Å². The third-order valence-electron chi connectivity index (χ3n) is 3.45. The number of aliphatic hydroxyl groups is 2. The summed E-state index contributed by atoms with van der Waals surface area (Å²) in [4.78, 5) is 0. The molecule has 2 N–H and O–H groups in total. The molecule has 6 nitrogen and oxygen atoms in total. The molecule has 84 valence electrons. The first kappa shape index (κ1) is 8.86. The molecule has 0 amide bonds. The van der Waals surface area contributed by atoms with Gasteiger partial charge in [-0.3, -0.25) is 0 Å². The molecule has 4 heterocycles. The van der Waals surface area contributed by atoms with Crippen LogP contribution in [0.15, 0.2) is 0 Å². The highest BCUT2D eigenvalue weighted by Crippen LogP contribution is 2.53. The summed E-state index contributed by atoms with van der Waals surface area (Å²) in [5.41, 5.74) is 0. The number of epoxide rings is 3. The van der Waals surface area contributed by atoms with Gasteiger partial charge in [0.2, 0.25) is 5.79 Å². The standard InChI is InChI=1S/C9H12O6/c10-3-1-4(11)6-8(14-6)13-5(3)7-9(15-7)2-12-9/h3-8,10-11H,1-2H2. The topological polar surface area (TPSA) is 87.3 Å². The van der Waals surface area contributed by atoms with Gasteiger partial charge in [0.15, 0.2) is 6.29 Å². The summed E-state index contributed by atoms with van der Waals surface area (Å²) in [6.45, 7) is 0.571. The van der Waals surface area contributed by atoms with Gasteiger partial charge in [0, 0.05) is 6.42 Å². The minimum absolute atomic E-state index is 0.206. The Kier molecular flexibility index (Phi) is 1.49. The normalized spacial score (nSPS) is 66.0. The molecule has 7 atom stereocenters. The molecular weight excluding hydrogens is 204 g/mol. The van der Waals surface area contributed by atoms with Crippen molar-refractivity contribution in [3.63, 3.8) is 0 Å². The number of hydrogen-bond donors (Lipinski definition) is 2. The highest BCUT2D eigenvalue weighted by molar-refractivity contribution is 5.11. The van der Waals surface area contributed by atoms with Crippen LogP contribution < -0.4 is 0 Å². The zero-order valence-electron chi connectivity index (χ0n) is 7.91. The fourth-order valence-electron chi connectivity index (χ4n) is 2.33. The lowest BCUT2D eigenvalue weighted by Crippen LogP contribution is -2.36. The summed E-state index contributed by atoms with van der Waals surface area (Å²) < 4.78 is 21.1. The molecule has 0 aromatic rings. The molecule has 4 fully saturated rings. The summed E-state index contributed by atoms with van der Waals surface area (Å²) in [5, 5.41) is 19.5. The number of fused-ring (bicyclic) bond motifs is 1. The van der Waals surface area contributed by atoms with Gasteiger partial charge in [0.25, 0.3) is 0 Å². The monoisotopic (exact) mass is 216 g/mol. The summed E-state index contributed by atoms with van der Waals surface area (Å²) >= 11 is 0. The average Bonchev–Trinajstić information content (AvgIpc) is 3.03. The van der Waals surface area contributed by atoms with Crippen molar-refractivity contribution in [3.05, 3.63) is 0 Å². The van der Waals surface area contributed by atoms with E-state index in [0.29, 0.717) is 6.61 Å². The van der Waals surface area contributed by atoms with Gasteiger partial charge in [-0.2, -0.15) is 0 Å². The summed E-state index contributed by atoms with van der Waals surface area (Å²) in [6.07, 6.45) is -2.42. The van der Waals surface area contributed by atoms with Gasteiger partial charge in [0.1, 0.15) is 24.9 Å². The smallest absolute Gasteiger partial charge is 0.222 e. The Bertz CT molecular complexity index is 303. The highest BCUT2D eigenvalue weighted by atomic mass is 16.9. The Hall–Kier alpha value is -0.240. The molecule has 0 aromatic heterocycles. The maximum atomic E-state index is 9.85. The minimum Gasteiger partial charge on any atom is -0.390 e. The van der Waals surface area contributed by atoms with Gasteiger partial charge in [-0.1, -0.05) is 0 Å². The van der Waals surface area contributed by atoms with Gasteiger partial charge >= 0.3 is 0 Å². The fourth-order valence-corrected chi connectivity index (χ4v) is 2.33. The Morgan fingerprint density at radius 1 is 1.07 bits per heavy atom. The molecule has 4 aliphatic rings. The quantitative estimate of drug-likeness (QED) is 0.510. The van der Waals surface area contributed by atoms with Crippen LogP contribution >= 0.6 is 0 Å². The molecule has 15 heavy (non-hydrogen) atoms. The molecule has 0 bridgehead atoms. The maximum Gasteiger partial charge on any atom is 0.222 e. The van der Waals surface area contributed by atoms with Crippen LogP contribution in [0, 0.1) is 0 Å². The van der Waals surface area contributed by atoms with Crippen molar-refractivity contribution in [2.75, 3.05) is 6.61 Å². The molecule has 1 spiro atoms. The van der Waals surface area contributed by atoms with Gasteiger partial charge in [-0.05, 0) is 0 Å². The Balaban J connectivity index is 1.52. The number of rotatable bonds is 1. The van der Waals surface area contributed by atoms with Crippen LogP contribution in [-0.4, -0.2) is 59.4 Å². The van der Waals surface area contributed by atoms with Crippen molar-refractivity contribution in [2.45, 2.75) is 49.0 Å². The van der Waals surface area contributed by atoms with Gasteiger partial charge in [-0.15, -0.1) is 0 Å². The van der Waals surface area contributed by atoms with Crippen molar-refractivity contribution >= 4 is 0 Å². The van der Waals surface area contributed by atoms with E-state index in [1.54, 1.807) is 0 Å². The number of aliphatic hydroxyl groups excluding tert-OH is 2. The fraction of sp³-hybridized carbons (Fsp3) is 1.00. The number of ether oxygens (including phenoxy) is 4. The van der Waals surface area contributed by atoms with E-state index >= 15 is 0 Å². The molecule has 0 aromatic carbocycles. The first-order valence-electron chi connectivity index (χ1n) is 5.18. The first-order chi connectivity index (χ1) is 7.20. The second-order valence-electron chi connectivity index (χ2n) is 4.58. The molecule has 4 aliphatic heterocycles. The van der Waals surface area contributed by atoms with Gasteiger partial charge in [-0.25, -0.2) is 0 Å². The summed E-state index contributed by atoms with van der Waals surface area (Å²) in [5.74, 6) is -0.481. The maximum absolute atomic E-state index is 9.85. The molecule has 0 saturated carbocycles. The molecule has 0 aliphatic carbocycles. The molecule has 0 radical (unpaired) electrons. The Morgan fingerprint density at radius 2 is 1.73 bits per heavy atom. The molecular formula is C9H12O6. The minimum atomic E-state index is -0.718. The largest absolute Gasteiger partial charge is 0.390 e. The third-order valence-corrected chi connectivity index (χ3v) is 3.45. The average molecular weight is 216 g/mol. The van der Waals surface area contributed by atoms with E-state index in [1.807, 2.05) is 0 Å². The van der Waals surface area contributed by atoms with Crippen LogP contribution in [0.25, 0.3) is 0 Å². The summed E-state index contributed by atoms with van der Waals surface area (Å²) in [7, 11) is 0. The van der Waals surface area contributed by atoms with Crippen LogP contribution in [0.1, 0.15) is 6.42 Å². The van der Waals surface area contributed by atoms with E-state index in [0.717, 1.165) is 0 Å². The van der Waals surface area contributed by atoms with Crippen molar-refractivity contribution in [1.29, 1.82) is 0 Å². The van der Waals surface area contributed by atoms with Crippen LogP contribution in [0.3, 0.4) is 0 Å². The third kappa shape index (κ3) is 1.20. The zero-order valence-corrected chi connectivity index (χ0v) is 7.91. The van der Waals surface area contributed by atoms with Crippen LogP contribution in [0.4, 0.5) is 0 Å². The van der Waals surface area contributed by atoms with Crippen molar-refractivity contribution in [2.24, 2.45) is 0 Å². The second-order valence-corrected chi connectivity index (χ2v) is 4.58. The van der Waals surface area contributed by atoms with Crippen LogP contribution in [0.5, 0.6) is 0 Å². The molecule has 6 heteroatoms. The molecule has 4 rings (SSSR count). The highest BCUT2D eigenvalue weighted by Gasteiger charge is 2.74. The van der Waals surface area contributed by atoms with Crippen molar-refractivity contribution < 1.29 is 29.2 Å². The van der Waals surface area contributed by atoms with E-state index in [1.165, 1.54) is 0 Å². The summed E-state index contributed by atoms with van der Waals surface area (Å²) in [6, 6.07) is 0. The van der Waals surface area contributed by atoms with Crippen LogP contribution in [-0.2, 0) is 18.9 Å². The lowest BCUT2D eigenvalue weighted by atomic mass is 10.0. The predicted molar refractivity (Wildman–Crippen MR) is 43.7 cm³/mol. The predicted octanol–water partition coefficient (Wildman–Crippen LogP) is -1.65. The first-order valence-corrected chi connectivity index (χ1v) is 5.18. The zero-order chi connectivity index (χ0) is 10.2. The number of hydrogen-bond acceptors (Lipinski definition) is 6.